The maximum absolute atomic E-state index is 12.6. The second kappa shape index (κ2) is 6.23. The van der Waals surface area contributed by atoms with Crippen molar-refractivity contribution in [1.82, 2.24) is 4.72 Å². The Kier molecular flexibility index (Phi) is 4.74. The number of hydrogen-bond donors (Lipinski definition) is 2. The Morgan fingerprint density at radius 1 is 1.41 bits per heavy atom. The van der Waals surface area contributed by atoms with Crippen LogP contribution in [0.2, 0.25) is 0 Å². The summed E-state index contributed by atoms with van der Waals surface area (Å²) in [6.07, 6.45) is -0.866. The highest BCUT2D eigenvalue weighted by Crippen LogP contribution is 2.29. The number of ether oxygens (including phenoxy) is 2. The number of hydrogen-bond acceptors (Lipinski definition) is 5. The molecule has 0 bridgehead atoms. The monoisotopic (exact) mass is 329 g/mol. The van der Waals surface area contributed by atoms with Crippen molar-refractivity contribution in [2.45, 2.75) is 37.3 Å². The quantitative estimate of drug-likeness (QED) is 0.830. The molecule has 1 saturated heterocycles. The van der Waals surface area contributed by atoms with Gasteiger partial charge in [-0.1, -0.05) is 6.07 Å². The van der Waals surface area contributed by atoms with Gasteiger partial charge in [0.05, 0.1) is 13.2 Å². The summed E-state index contributed by atoms with van der Waals surface area (Å²) in [5.74, 6) is -0.950. The summed E-state index contributed by atoms with van der Waals surface area (Å²) in [7, 11) is -2.52. The fourth-order valence-corrected chi connectivity index (χ4v) is 4.27. The highest BCUT2D eigenvalue weighted by atomic mass is 32.2. The van der Waals surface area contributed by atoms with Crippen LogP contribution in [0.1, 0.15) is 17.5 Å². The molecule has 2 rings (SSSR count). The van der Waals surface area contributed by atoms with Gasteiger partial charge < -0.3 is 14.6 Å². The van der Waals surface area contributed by atoms with Crippen molar-refractivity contribution in [1.29, 1.82) is 0 Å². The molecule has 8 heteroatoms. The van der Waals surface area contributed by atoms with E-state index < -0.39 is 28.1 Å². The normalized spacial score (nSPS) is 21.8. The van der Waals surface area contributed by atoms with E-state index in [9.17, 15) is 13.2 Å². The fourth-order valence-electron chi connectivity index (χ4n) is 2.62. The molecule has 0 radical (unpaired) electrons. The highest BCUT2D eigenvalue weighted by molar-refractivity contribution is 7.89. The van der Waals surface area contributed by atoms with E-state index in [0.29, 0.717) is 12.0 Å². The van der Waals surface area contributed by atoms with Gasteiger partial charge in [0.1, 0.15) is 10.6 Å². The van der Waals surface area contributed by atoms with Gasteiger partial charge in [0, 0.05) is 6.61 Å². The van der Waals surface area contributed by atoms with Crippen molar-refractivity contribution < 1.29 is 27.8 Å². The summed E-state index contributed by atoms with van der Waals surface area (Å²) in [6, 6.07) is 2.56. The summed E-state index contributed by atoms with van der Waals surface area (Å²) in [6.45, 7) is 3.71. The summed E-state index contributed by atoms with van der Waals surface area (Å²) < 4.78 is 37.9. The first kappa shape index (κ1) is 16.7. The Morgan fingerprint density at radius 3 is 2.68 bits per heavy atom. The first-order valence-corrected chi connectivity index (χ1v) is 8.26. The molecular weight excluding hydrogens is 310 g/mol. The van der Waals surface area contributed by atoms with E-state index in [0.717, 1.165) is 5.56 Å². The van der Waals surface area contributed by atoms with Crippen molar-refractivity contribution >= 4 is 16.0 Å². The topological polar surface area (TPSA) is 102 Å². The predicted molar refractivity (Wildman–Crippen MR) is 78.6 cm³/mol. The number of aryl methyl sites for hydroxylation is 2. The SMILES string of the molecule is COc1cc(C)cc(C)c1S(=O)(=O)N[C@@H]1CCO[C@@H]1C(=O)O. The number of methoxy groups -OCH3 is 1. The first-order chi connectivity index (χ1) is 10.3. The molecule has 0 aromatic heterocycles. The lowest BCUT2D eigenvalue weighted by Crippen LogP contribution is -2.44. The van der Waals surface area contributed by atoms with Crippen LogP contribution in [0.3, 0.4) is 0 Å². The largest absolute Gasteiger partial charge is 0.495 e. The third-order valence-electron chi connectivity index (χ3n) is 3.52. The van der Waals surface area contributed by atoms with Crippen molar-refractivity contribution in [3.8, 4) is 5.75 Å². The molecule has 1 aliphatic rings. The number of carbonyl (C=O) groups is 1. The van der Waals surface area contributed by atoms with Gasteiger partial charge in [-0.3, -0.25) is 0 Å². The number of sulfonamides is 1. The second-order valence-electron chi connectivity index (χ2n) is 5.26. The van der Waals surface area contributed by atoms with Crippen molar-refractivity contribution in [3.05, 3.63) is 23.3 Å². The zero-order valence-electron chi connectivity index (χ0n) is 12.6. The van der Waals surface area contributed by atoms with E-state index in [1.807, 2.05) is 6.92 Å². The van der Waals surface area contributed by atoms with Crippen LogP contribution in [0, 0.1) is 13.8 Å². The smallest absolute Gasteiger partial charge is 0.334 e. The Hall–Kier alpha value is -1.64. The van der Waals surface area contributed by atoms with Crippen LogP contribution >= 0.6 is 0 Å². The number of aliphatic carboxylic acids is 1. The first-order valence-electron chi connectivity index (χ1n) is 6.78. The van der Waals surface area contributed by atoms with Crippen molar-refractivity contribution in [3.63, 3.8) is 0 Å². The van der Waals surface area contributed by atoms with Gasteiger partial charge in [0.15, 0.2) is 6.10 Å². The molecule has 2 atom stereocenters. The minimum absolute atomic E-state index is 0.0247. The number of nitrogens with one attached hydrogen (secondary N) is 1. The Balaban J connectivity index is 2.37. The molecule has 0 unspecified atom stereocenters. The van der Waals surface area contributed by atoms with E-state index in [2.05, 4.69) is 4.72 Å². The molecule has 122 valence electrons. The number of carboxylic acid groups (broad SMARTS) is 1. The molecule has 0 amide bonds. The third-order valence-corrected chi connectivity index (χ3v) is 5.19. The van der Waals surface area contributed by atoms with Crippen LogP contribution < -0.4 is 9.46 Å². The van der Waals surface area contributed by atoms with Crippen LogP contribution in [0.4, 0.5) is 0 Å². The zero-order chi connectivity index (χ0) is 16.5. The Bertz CT molecular complexity index is 685. The molecule has 7 nitrogen and oxygen atoms in total. The Morgan fingerprint density at radius 2 is 2.09 bits per heavy atom. The molecule has 0 spiro atoms. The van der Waals surface area contributed by atoms with Crippen molar-refractivity contribution in [2.24, 2.45) is 0 Å². The predicted octanol–water partition coefficient (Wildman–Crippen LogP) is 0.832. The number of rotatable bonds is 5. The summed E-state index contributed by atoms with van der Waals surface area (Å²) in [5.41, 5.74) is 1.41. The number of carboxylic acids is 1. The molecule has 0 aliphatic carbocycles. The molecule has 2 N–H and O–H groups in total. The average molecular weight is 329 g/mol. The van der Waals surface area contributed by atoms with Gasteiger partial charge in [-0.25, -0.2) is 17.9 Å². The maximum Gasteiger partial charge on any atom is 0.334 e. The zero-order valence-corrected chi connectivity index (χ0v) is 13.4. The molecule has 1 fully saturated rings. The molecular formula is C14H19NO6S. The maximum atomic E-state index is 12.6. The lowest BCUT2D eigenvalue weighted by Gasteiger charge is -2.19. The van der Waals surface area contributed by atoms with Crippen LogP contribution in [0.25, 0.3) is 0 Å². The van der Waals surface area contributed by atoms with Gasteiger partial charge in [0.2, 0.25) is 10.0 Å². The standard InChI is InChI=1S/C14H19NO6S/c1-8-6-9(2)13(11(7-8)20-3)22(18,19)15-10-4-5-21-12(10)14(16)17/h6-7,10,12,15H,4-5H2,1-3H3,(H,16,17)/t10-,12+/m1/s1. The van der Waals surface area contributed by atoms with E-state index in [-0.39, 0.29) is 17.3 Å². The van der Waals surface area contributed by atoms with Gasteiger partial charge in [-0.05, 0) is 37.5 Å². The molecule has 22 heavy (non-hydrogen) atoms. The van der Waals surface area contributed by atoms with Crippen LogP contribution in [-0.2, 0) is 19.6 Å². The second-order valence-corrected chi connectivity index (χ2v) is 6.91. The fraction of sp³-hybridized carbons (Fsp3) is 0.500. The molecule has 1 aliphatic heterocycles. The minimum atomic E-state index is -3.92. The molecule has 0 saturated carbocycles. The molecule has 1 aromatic rings. The van der Waals surface area contributed by atoms with Crippen molar-refractivity contribution in [2.75, 3.05) is 13.7 Å². The lowest BCUT2D eigenvalue weighted by molar-refractivity contribution is -0.147. The summed E-state index contributed by atoms with van der Waals surface area (Å²) in [4.78, 5) is 11.1. The van der Waals surface area contributed by atoms with Gasteiger partial charge >= 0.3 is 5.97 Å². The van der Waals surface area contributed by atoms with Gasteiger partial charge in [0.25, 0.3) is 0 Å². The average Bonchev–Trinajstić information content (AvgIpc) is 2.84. The number of benzene rings is 1. The summed E-state index contributed by atoms with van der Waals surface area (Å²) in [5, 5.41) is 9.06. The van der Waals surface area contributed by atoms with E-state index in [1.165, 1.54) is 7.11 Å². The van der Waals surface area contributed by atoms with E-state index in [4.69, 9.17) is 14.6 Å². The molecule has 1 heterocycles. The Labute approximate surface area is 129 Å². The van der Waals surface area contributed by atoms with Crippen LogP contribution in [-0.4, -0.2) is 45.4 Å². The molecule has 1 aromatic carbocycles. The minimum Gasteiger partial charge on any atom is -0.495 e. The third kappa shape index (κ3) is 3.23. The van der Waals surface area contributed by atoms with E-state index in [1.54, 1.807) is 19.1 Å². The van der Waals surface area contributed by atoms with Crippen LogP contribution in [0.5, 0.6) is 5.75 Å². The van der Waals surface area contributed by atoms with E-state index >= 15 is 0 Å². The highest BCUT2D eigenvalue weighted by Gasteiger charge is 2.38. The van der Waals surface area contributed by atoms with Crippen LogP contribution in [0.15, 0.2) is 17.0 Å². The van der Waals surface area contributed by atoms with Gasteiger partial charge in [-0.2, -0.15) is 0 Å². The van der Waals surface area contributed by atoms with Gasteiger partial charge in [-0.15, -0.1) is 0 Å². The summed E-state index contributed by atoms with van der Waals surface area (Å²) >= 11 is 0. The lowest BCUT2D eigenvalue weighted by atomic mass is 10.1.